The maximum Gasteiger partial charge on any atom is 0.234 e. The lowest BCUT2D eigenvalue weighted by Gasteiger charge is -2.26. The zero-order chi connectivity index (χ0) is 23.4. The van der Waals surface area contributed by atoms with Gasteiger partial charge in [-0.25, -0.2) is 4.98 Å². The SMILES string of the molecule is CCC(CC1C#CC(NC(=O)C2CCc3sc(C)nc32)=CC1C)NCC(O)c1ccccc1. The summed E-state index contributed by atoms with van der Waals surface area (Å²) >= 11 is 1.70. The zero-order valence-electron chi connectivity index (χ0n) is 19.6. The molecule has 1 amide bonds. The summed E-state index contributed by atoms with van der Waals surface area (Å²) in [5.41, 5.74) is 2.60. The van der Waals surface area contributed by atoms with Crippen molar-refractivity contribution in [3.63, 3.8) is 0 Å². The highest BCUT2D eigenvalue weighted by molar-refractivity contribution is 7.11. The average Bonchev–Trinajstić information content (AvgIpc) is 3.37. The van der Waals surface area contributed by atoms with Crippen LogP contribution in [-0.2, 0) is 11.2 Å². The molecule has 6 heteroatoms. The molecule has 33 heavy (non-hydrogen) atoms. The molecule has 5 unspecified atom stereocenters. The van der Waals surface area contributed by atoms with E-state index in [1.807, 2.05) is 37.3 Å². The molecule has 2 aliphatic rings. The van der Waals surface area contributed by atoms with E-state index in [2.05, 4.69) is 47.4 Å². The van der Waals surface area contributed by atoms with Crippen molar-refractivity contribution in [3.8, 4) is 11.8 Å². The molecule has 0 saturated heterocycles. The number of aliphatic hydroxyl groups excluding tert-OH is 1. The predicted molar refractivity (Wildman–Crippen MR) is 133 cm³/mol. The van der Waals surface area contributed by atoms with Crippen molar-refractivity contribution in [2.45, 2.75) is 64.5 Å². The van der Waals surface area contributed by atoms with Gasteiger partial charge in [-0.3, -0.25) is 4.79 Å². The number of aryl methyl sites for hydroxylation is 2. The van der Waals surface area contributed by atoms with E-state index in [0.717, 1.165) is 41.9 Å². The van der Waals surface area contributed by atoms with Crippen LogP contribution in [0.3, 0.4) is 0 Å². The van der Waals surface area contributed by atoms with Gasteiger partial charge in [-0.15, -0.1) is 11.3 Å². The summed E-state index contributed by atoms with van der Waals surface area (Å²) in [5.74, 6) is 6.87. The number of allylic oxidation sites excluding steroid dienone is 2. The van der Waals surface area contributed by atoms with Crippen molar-refractivity contribution < 1.29 is 9.90 Å². The van der Waals surface area contributed by atoms with E-state index < -0.39 is 6.10 Å². The van der Waals surface area contributed by atoms with Crippen molar-refractivity contribution in [2.75, 3.05) is 6.54 Å². The van der Waals surface area contributed by atoms with Gasteiger partial charge in [0.15, 0.2) is 0 Å². The lowest BCUT2D eigenvalue weighted by molar-refractivity contribution is -0.121. The van der Waals surface area contributed by atoms with Crippen molar-refractivity contribution in [1.82, 2.24) is 15.6 Å². The number of amides is 1. The smallest absolute Gasteiger partial charge is 0.234 e. The third-order valence-electron chi connectivity index (χ3n) is 6.67. The fourth-order valence-corrected chi connectivity index (χ4v) is 5.68. The Labute approximate surface area is 200 Å². The normalized spacial score (nSPS) is 23.2. The van der Waals surface area contributed by atoms with E-state index in [1.165, 1.54) is 4.88 Å². The maximum atomic E-state index is 12.9. The van der Waals surface area contributed by atoms with Crippen LogP contribution in [0.4, 0.5) is 0 Å². The van der Waals surface area contributed by atoms with Crippen LogP contribution in [0.1, 0.15) is 66.3 Å². The van der Waals surface area contributed by atoms with Gasteiger partial charge in [0, 0.05) is 23.4 Å². The van der Waals surface area contributed by atoms with E-state index in [4.69, 9.17) is 0 Å². The Bertz CT molecular complexity index is 1070. The van der Waals surface area contributed by atoms with E-state index in [1.54, 1.807) is 11.3 Å². The first kappa shape index (κ1) is 23.7. The number of fused-ring (bicyclic) bond motifs is 1. The minimum Gasteiger partial charge on any atom is -0.387 e. The molecule has 4 rings (SSSR count). The van der Waals surface area contributed by atoms with Crippen LogP contribution >= 0.6 is 11.3 Å². The monoisotopic (exact) mass is 463 g/mol. The molecule has 0 aliphatic heterocycles. The lowest BCUT2D eigenvalue weighted by Crippen LogP contribution is -2.35. The van der Waals surface area contributed by atoms with E-state index >= 15 is 0 Å². The number of hydrogen-bond acceptors (Lipinski definition) is 5. The Hall–Kier alpha value is -2.46. The van der Waals surface area contributed by atoms with E-state index in [0.29, 0.717) is 12.2 Å². The van der Waals surface area contributed by atoms with Crippen LogP contribution in [0.25, 0.3) is 0 Å². The van der Waals surface area contributed by atoms with Crippen LogP contribution in [0.2, 0.25) is 0 Å². The average molecular weight is 464 g/mol. The molecule has 1 heterocycles. The molecule has 0 saturated carbocycles. The second-order valence-electron chi connectivity index (χ2n) is 9.11. The Morgan fingerprint density at radius 1 is 1.33 bits per heavy atom. The van der Waals surface area contributed by atoms with Crippen LogP contribution < -0.4 is 10.6 Å². The Morgan fingerprint density at radius 3 is 2.85 bits per heavy atom. The molecule has 1 aromatic heterocycles. The zero-order valence-corrected chi connectivity index (χ0v) is 20.4. The third kappa shape index (κ3) is 5.73. The maximum absolute atomic E-state index is 12.9. The van der Waals surface area contributed by atoms with Crippen LogP contribution in [-0.4, -0.2) is 28.6 Å². The number of carbonyl (C=O) groups excluding carboxylic acids is 1. The molecular weight excluding hydrogens is 430 g/mol. The predicted octanol–water partition coefficient (Wildman–Crippen LogP) is 4.24. The molecule has 2 aromatic rings. The number of nitrogens with zero attached hydrogens (tertiary/aromatic N) is 1. The highest BCUT2D eigenvalue weighted by atomic mass is 32.1. The van der Waals surface area contributed by atoms with Gasteiger partial charge in [0.05, 0.1) is 28.4 Å². The molecule has 174 valence electrons. The topological polar surface area (TPSA) is 74.2 Å². The van der Waals surface area contributed by atoms with Crippen molar-refractivity contribution in [3.05, 3.63) is 63.2 Å². The van der Waals surface area contributed by atoms with Crippen molar-refractivity contribution in [2.24, 2.45) is 11.8 Å². The largest absolute Gasteiger partial charge is 0.387 e. The van der Waals surface area contributed by atoms with Gasteiger partial charge in [0.25, 0.3) is 0 Å². The number of nitrogens with one attached hydrogen (secondary N) is 2. The number of carbonyl (C=O) groups is 1. The van der Waals surface area contributed by atoms with Gasteiger partial charge >= 0.3 is 0 Å². The number of rotatable bonds is 9. The second kappa shape index (κ2) is 10.6. The number of thiazole rings is 1. The van der Waals surface area contributed by atoms with Crippen LogP contribution in [0, 0.1) is 30.6 Å². The fraction of sp³-hybridized carbons (Fsp3) is 0.481. The summed E-state index contributed by atoms with van der Waals surface area (Å²) in [7, 11) is 0. The number of hydrogen-bond donors (Lipinski definition) is 3. The standard InChI is InChI=1S/C27H33N3O2S/c1-4-21(28-16-24(31)19-8-6-5-7-9-19)15-20-10-11-22(14-17(20)2)30-27(32)23-12-13-25-26(23)29-18(3)33-25/h5-9,14,17,20-21,23-24,28,31H,4,12-13,15-16H2,1-3H3,(H,30,32). The molecule has 1 aromatic carbocycles. The minimum absolute atomic E-state index is 0.00764. The third-order valence-corrected chi connectivity index (χ3v) is 7.72. The van der Waals surface area contributed by atoms with Crippen molar-refractivity contribution >= 4 is 17.2 Å². The first-order chi connectivity index (χ1) is 15.9. The Morgan fingerprint density at radius 2 is 2.12 bits per heavy atom. The van der Waals surface area contributed by atoms with Gasteiger partial charge in [-0.2, -0.15) is 0 Å². The van der Waals surface area contributed by atoms with Gasteiger partial charge < -0.3 is 15.7 Å². The molecule has 3 N–H and O–H groups in total. The first-order valence-electron chi connectivity index (χ1n) is 11.9. The fourth-order valence-electron chi connectivity index (χ4n) is 4.67. The van der Waals surface area contributed by atoms with Crippen LogP contribution in [0.15, 0.2) is 42.1 Å². The highest BCUT2D eigenvalue weighted by Gasteiger charge is 2.32. The quantitative estimate of drug-likeness (QED) is 0.486. The molecule has 2 aliphatic carbocycles. The van der Waals surface area contributed by atoms with E-state index in [9.17, 15) is 9.90 Å². The summed E-state index contributed by atoms with van der Waals surface area (Å²) in [6.07, 6.45) is 5.22. The lowest BCUT2D eigenvalue weighted by atomic mass is 9.85. The number of benzene rings is 1. The molecule has 5 nitrogen and oxygen atoms in total. The highest BCUT2D eigenvalue weighted by Crippen LogP contribution is 2.36. The van der Waals surface area contributed by atoms with Gasteiger partial charge in [-0.05, 0) is 56.1 Å². The molecular formula is C27H33N3O2S. The van der Waals surface area contributed by atoms with Gasteiger partial charge in [-0.1, -0.05) is 50.1 Å². The molecule has 0 spiro atoms. The molecule has 0 bridgehead atoms. The summed E-state index contributed by atoms with van der Waals surface area (Å²) in [4.78, 5) is 18.7. The Balaban J connectivity index is 1.30. The first-order valence-corrected chi connectivity index (χ1v) is 12.7. The summed E-state index contributed by atoms with van der Waals surface area (Å²) in [6, 6.07) is 10.0. The van der Waals surface area contributed by atoms with Gasteiger partial charge in [0.2, 0.25) is 5.91 Å². The molecule has 0 fully saturated rings. The summed E-state index contributed by atoms with van der Waals surface area (Å²) < 4.78 is 0. The summed E-state index contributed by atoms with van der Waals surface area (Å²) in [5, 5.41) is 18.0. The summed E-state index contributed by atoms with van der Waals surface area (Å²) in [6.45, 7) is 6.84. The Kier molecular flexibility index (Phi) is 7.64. The van der Waals surface area contributed by atoms with E-state index in [-0.39, 0.29) is 29.7 Å². The second-order valence-corrected chi connectivity index (χ2v) is 10.4. The van der Waals surface area contributed by atoms with Crippen LogP contribution in [0.5, 0.6) is 0 Å². The number of aliphatic hydroxyl groups is 1. The van der Waals surface area contributed by atoms with Crippen molar-refractivity contribution in [1.29, 1.82) is 0 Å². The minimum atomic E-state index is -0.519. The molecule has 5 atom stereocenters. The van der Waals surface area contributed by atoms with Gasteiger partial charge in [0.1, 0.15) is 0 Å². The molecule has 0 radical (unpaired) electrons. The number of aromatic nitrogens is 1.